The Bertz CT molecular complexity index is 749. The van der Waals surface area contributed by atoms with Gasteiger partial charge in [0.2, 0.25) is 0 Å². The molecule has 1 unspecified atom stereocenters. The molecule has 0 spiro atoms. The fraction of sp³-hybridized carbons (Fsp3) is 0.500. The van der Waals surface area contributed by atoms with Crippen LogP contribution in [0.2, 0.25) is 0 Å². The Morgan fingerprint density at radius 1 is 1.21 bits per heavy atom. The summed E-state index contributed by atoms with van der Waals surface area (Å²) in [5.41, 5.74) is 3.23. The van der Waals surface area contributed by atoms with E-state index in [9.17, 15) is 9.59 Å². The molecule has 24 heavy (non-hydrogen) atoms. The first-order valence-corrected chi connectivity index (χ1v) is 8.64. The fourth-order valence-corrected chi connectivity index (χ4v) is 3.36. The maximum atomic E-state index is 12.1. The van der Waals surface area contributed by atoms with Crippen LogP contribution in [0, 0.1) is 0 Å². The summed E-state index contributed by atoms with van der Waals surface area (Å²) in [4.78, 5) is 28.5. The number of aromatic nitrogens is 1. The lowest BCUT2D eigenvalue weighted by molar-refractivity contribution is -0.115. The maximum Gasteiger partial charge on any atom is 0.291 e. The van der Waals surface area contributed by atoms with E-state index in [0.29, 0.717) is 18.2 Å². The second-order valence-electron chi connectivity index (χ2n) is 6.71. The fourth-order valence-electron chi connectivity index (χ4n) is 3.36. The number of azo groups is 1. The molecule has 1 saturated carbocycles. The number of rotatable bonds is 4. The van der Waals surface area contributed by atoms with E-state index in [4.69, 9.17) is 0 Å². The molecule has 1 atom stereocenters. The molecule has 1 fully saturated rings. The van der Waals surface area contributed by atoms with Gasteiger partial charge in [-0.3, -0.25) is 9.59 Å². The molecule has 1 N–H and O–H groups in total. The van der Waals surface area contributed by atoms with Crippen LogP contribution in [0.15, 0.2) is 39.6 Å². The monoisotopic (exact) mass is 324 g/mol. The van der Waals surface area contributed by atoms with Gasteiger partial charge >= 0.3 is 0 Å². The highest BCUT2D eigenvalue weighted by Gasteiger charge is 2.29. The lowest BCUT2D eigenvalue weighted by atomic mass is 9.85. The van der Waals surface area contributed by atoms with Gasteiger partial charge in [-0.15, -0.1) is 5.11 Å². The molecule has 2 heterocycles. The molecule has 1 aromatic heterocycles. The van der Waals surface area contributed by atoms with E-state index in [1.165, 1.54) is 0 Å². The van der Waals surface area contributed by atoms with Crippen LogP contribution < -0.4 is 5.32 Å². The minimum Gasteiger partial charge on any atom is -0.348 e. The van der Waals surface area contributed by atoms with Crippen molar-refractivity contribution in [2.75, 3.05) is 0 Å². The second kappa shape index (κ2) is 6.26. The molecule has 2 aliphatic carbocycles. The first-order valence-electron chi connectivity index (χ1n) is 8.64. The Morgan fingerprint density at radius 2 is 2.04 bits per heavy atom. The van der Waals surface area contributed by atoms with Crippen LogP contribution in [0.1, 0.15) is 54.7 Å². The quantitative estimate of drug-likeness (QED) is 0.924. The van der Waals surface area contributed by atoms with Crippen molar-refractivity contribution in [3.63, 3.8) is 0 Å². The van der Waals surface area contributed by atoms with Crippen molar-refractivity contribution < 1.29 is 9.59 Å². The van der Waals surface area contributed by atoms with E-state index in [-0.39, 0.29) is 17.9 Å². The molecule has 0 aromatic carbocycles. The number of hydrogen-bond donors (Lipinski definition) is 1. The molecule has 3 aliphatic rings. The van der Waals surface area contributed by atoms with Gasteiger partial charge < -0.3 is 5.32 Å². The molecule has 1 aromatic rings. The van der Waals surface area contributed by atoms with Crippen LogP contribution in [0.4, 0.5) is 0 Å². The molecule has 4 rings (SSSR count). The van der Waals surface area contributed by atoms with Crippen LogP contribution in [0.3, 0.4) is 0 Å². The van der Waals surface area contributed by atoms with E-state index in [2.05, 4.69) is 20.5 Å². The Labute approximate surface area is 140 Å². The summed E-state index contributed by atoms with van der Waals surface area (Å²) in [5, 5.41) is 11.0. The molecule has 0 saturated heterocycles. The number of amides is 2. The molecule has 0 bridgehead atoms. The van der Waals surface area contributed by atoms with Crippen LogP contribution in [0.25, 0.3) is 0 Å². The first-order chi connectivity index (χ1) is 11.7. The second-order valence-corrected chi connectivity index (χ2v) is 6.71. The summed E-state index contributed by atoms with van der Waals surface area (Å²) in [5.74, 6) is -0.288. The van der Waals surface area contributed by atoms with Gasteiger partial charge in [0.15, 0.2) is 0 Å². The highest BCUT2D eigenvalue weighted by atomic mass is 16.2. The number of nitrogens with zero attached hydrogens (tertiary/aromatic N) is 3. The normalized spacial score (nSPS) is 23.2. The largest absolute Gasteiger partial charge is 0.348 e. The van der Waals surface area contributed by atoms with Crippen LogP contribution >= 0.6 is 0 Å². The molecule has 0 radical (unpaired) electrons. The van der Waals surface area contributed by atoms with E-state index in [0.717, 1.165) is 55.4 Å². The van der Waals surface area contributed by atoms with Gasteiger partial charge in [-0.1, -0.05) is 6.07 Å². The number of nitrogens with one attached hydrogen (secondary N) is 1. The van der Waals surface area contributed by atoms with Gasteiger partial charge in [0.1, 0.15) is 5.69 Å². The summed E-state index contributed by atoms with van der Waals surface area (Å²) < 4.78 is 0. The van der Waals surface area contributed by atoms with Crippen molar-refractivity contribution in [3.05, 3.63) is 40.7 Å². The average molecular weight is 324 g/mol. The first kappa shape index (κ1) is 15.2. The maximum absolute atomic E-state index is 12.1. The summed E-state index contributed by atoms with van der Waals surface area (Å²) >= 11 is 0. The third-order valence-corrected chi connectivity index (χ3v) is 4.81. The predicted octanol–water partition coefficient (Wildman–Crippen LogP) is 2.75. The zero-order chi connectivity index (χ0) is 16.5. The van der Waals surface area contributed by atoms with Crippen molar-refractivity contribution in [1.29, 1.82) is 0 Å². The van der Waals surface area contributed by atoms with Crippen LogP contribution in [0.5, 0.6) is 0 Å². The number of pyridine rings is 1. The summed E-state index contributed by atoms with van der Waals surface area (Å²) in [7, 11) is 0. The van der Waals surface area contributed by atoms with Crippen LogP contribution in [-0.2, 0) is 11.2 Å². The van der Waals surface area contributed by atoms with E-state index in [1.54, 1.807) is 6.07 Å². The van der Waals surface area contributed by atoms with Crippen molar-refractivity contribution >= 4 is 11.8 Å². The Kier molecular flexibility index (Phi) is 3.96. The topological polar surface area (TPSA) is 83.8 Å². The Morgan fingerprint density at radius 3 is 2.88 bits per heavy atom. The van der Waals surface area contributed by atoms with Gasteiger partial charge in [-0.25, -0.2) is 4.98 Å². The Balaban J connectivity index is 1.52. The summed E-state index contributed by atoms with van der Waals surface area (Å²) in [6.45, 7) is 0. The van der Waals surface area contributed by atoms with Gasteiger partial charge in [-0.2, -0.15) is 5.11 Å². The van der Waals surface area contributed by atoms with Gasteiger partial charge in [-0.05, 0) is 56.2 Å². The van der Waals surface area contributed by atoms with E-state index >= 15 is 0 Å². The average Bonchev–Trinajstić information content (AvgIpc) is 3.42. The van der Waals surface area contributed by atoms with Gasteiger partial charge in [0.25, 0.3) is 11.8 Å². The lowest BCUT2D eigenvalue weighted by Gasteiger charge is -2.25. The molecule has 124 valence electrons. The predicted molar refractivity (Wildman–Crippen MR) is 87.6 cm³/mol. The highest BCUT2D eigenvalue weighted by Crippen LogP contribution is 2.33. The zero-order valence-electron chi connectivity index (χ0n) is 13.5. The SMILES string of the molecule is O=C1N=NC(Cc2cccc(C(=O)NC3CC3)n2)C2=C1CCCC2. The molecular formula is C18H20N4O2. The molecule has 6 heteroatoms. The van der Waals surface area contributed by atoms with Crippen LogP contribution in [-0.4, -0.2) is 28.9 Å². The van der Waals surface area contributed by atoms with E-state index < -0.39 is 0 Å². The number of carbonyl (C=O) groups is 2. The third kappa shape index (κ3) is 3.13. The zero-order valence-corrected chi connectivity index (χ0v) is 13.5. The summed E-state index contributed by atoms with van der Waals surface area (Å²) in [6, 6.07) is 5.69. The van der Waals surface area contributed by atoms with Crippen molar-refractivity contribution in [3.8, 4) is 0 Å². The minimum atomic E-state index is -0.175. The summed E-state index contributed by atoms with van der Waals surface area (Å²) in [6.07, 6.45) is 6.54. The Hall–Kier alpha value is -2.37. The highest BCUT2D eigenvalue weighted by molar-refractivity contribution is 5.95. The van der Waals surface area contributed by atoms with Crippen molar-refractivity contribution in [2.24, 2.45) is 10.2 Å². The number of carbonyl (C=O) groups excluding carboxylic acids is 2. The molecule has 6 nitrogen and oxygen atoms in total. The van der Waals surface area contributed by atoms with Gasteiger partial charge in [0, 0.05) is 23.7 Å². The van der Waals surface area contributed by atoms with Crippen molar-refractivity contribution in [1.82, 2.24) is 10.3 Å². The third-order valence-electron chi connectivity index (χ3n) is 4.81. The van der Waals surface area contributed by atoms with Crippen molar-refractivity contribution in [2.45, 2.75) is 57.0 Å². The molecule has 1 aliphatic heterocycles. The van der Waals surface area contributed by atoms with Gasteiger partial charge in [0.05, 0.1) is 6.04 Å². The standard InChI is InChI=1S/C18H20N4O2/c23-17-14-6-2-1-5-13(14)16(21-22-17)10-12-4-3-7-15(19-12)18(24)20-11-8-9-11/h3-4,7,11,16H,1-2,5-6,8-10H2,(H,20,24). The van der Waals surface area contributed by atoms with E-state index in [1.807, 2.05) is 12.1 Å². The lowest BCUT2D eigenvalue weighted by Crippen LogP contribution is -2.27. The number of hydrogen-bond acceptors (Lipinski definition) is 4. The molecular weight excluding hydrogens is 304 g/mol. The minimum absolute atomic E-state index is 0.114. The molecule has 2 amide bonds. The smallest absolute Gasteiger partial charge is 0.291 e.